The molecule has 90 valence electrons. The number of carbonyl (C=O) groups is 1. The lowest BCUT2D eigenvalue weighted by Gasteiger charge is -2.14. The number of rotatable bonds is 5. The van der Waals surface area contributed by atoms with E-state index in [1.54, 1.807) is 24.3 Å². The Morgan fingerprint density at radius 3 is 2.31 bits per heavy atom. The van der Waals surface area contributed by atoms with Gasteiger partial charge in [-0.15, -0.1) is 12.4 Å². The monoisotopic (exact) mass is 261 g/mol. The van der Waals surface area contributed by atoms with Crippen molar-refractivity contribution < 1.29 is 4.79 Å². The van der Waals surface area contributed by atoms with Crippen LogP contribution in [0.25, 0.3) is 0 Å². The molecule has 0 heterocycles. The topological polar surface area (TPSA) is 29.1 Å². The number of benzene rings is 1. The van der Waals surface area contributed by atoms with Crippen LogP contribution in [-0.2, 0) is 0 Å². The highest BCUT2D eigenvalue weighted by Gasteiger charge is 2.16. The minimum absolute atomic E-state index is 0. The molecule has 1 atom stereocenters. The van der Waals surface area contributed by atoms with E-state index >= 15 is 0 Å². The molecule has 0 fully saturated rings. The molecule has 0 bridgehead atoms. The van der Waals surface area contributed by atoms with Crippen molar-refractivity contribution in [1.82, 2.24) is 5.32 Å². The molecule has 1 N–H and O–H groups in total. The molecule has 0 spiro atoms. The first-order chi connectivity index (χ1) is 7.19. The van der Waals surface area contributed by atoms with Crippen LogP contribution in [0, 0.1) is 0 Å². The highest BCUT2D eigenvalue weighted by Crippen LogP contribution is 2.12. The fourth-order valence-corrected chi connectivity index (χ4v) is 1.61. The summed E-state index contributed by atoms with van der Waals surface area (Å²) in [5, 5.41) is 3.82. The first-order valence-corrected chi connectivity index (χ1v) is 5.60. The second kappa shape index (κ2) is 7.66. The zero-order valence-electron chi connectivity index (χ0n) is 9.50. The van der Waals surface area contributed by atoms with Gasteiger partial charge >= 0.3 is 0 Å². The van der Waals surface area contributed by atoms with Crippen LogP contribution in [-0.4, -0.2) is 18.4 Å². The minimum Gasteiger partial charge on any atom is -0.307 e. The van der Waals surface area contributed by atoms with Gasteiger partial charge < -0.3 is 5.32 Å². The third-order valence-electron chi connectivity index (χ3n) is 2.30. The van der Waals surface area contributed by atoms with Gasteiger partial charge in [-0.1, -0.05) is 25.4 Å². The van der Waals surface area contributed by atoms with Gasteiger partial charge in [-0.3, -0.25) is 4.79 Å². The van der Waals surface area contributed by atoms with Gasteiger partial charge in [0.05, 0.1) is 6.04 Å². The molecule has 16 heavy (non-hydrogen) atoms. The zero-order valence-corrected chi connectivity index (χ0v) is 11.1. The van der Waals surface area contributed by atoms with Crippen molar-refractivity contribution in [3.63, 3.8) is 0 Å². The molecule has 0 saturated carbocycles. The molecule has 2 nitrogen and oxygen atoms in total. The maximum atomic E-state index is 12.0. The Labute approximate surface area is 108 Å². The summed E-state index contributed by atoms with van der Waals surface area (Å²) in [6.45, 7) is 4.80. The highest BCUT2D eigenvalue weighted by atomic mass is 35.5. The molecule has 0 aliphatic rings. The average Bonchev–Trinajstić information content (AvgIpc) is 2.26. The lowest BCUT2D eigenvalue weighted by molar-refractivity contribution is 0.0941. The quantitative estimate of drug-likeness (QED) is 0.824. The number of Topliss-reactive ketones (excluding diaryl/α,β-unsaturated/α-hetero) is 1. The van der Waals surface area contributed by atoms with Crippen molar-refractivity contribution >= 4 is 29.8 Å². The number of likely N-dealkylation sites (N-methyl/N-ethyl adjacent to an activating group) is 1. The van der Waals surface area contributed by atoms with Gasteiger partial charge in [0.15, 0.2) is 5.78 Å². The maximum absolute atomic E-state index is 12.0. The van der Waals surface area contributed by atoms with Gasteiger partial charge in [-0.05, 0) is 37.2 Å². The van der Waals surface area contributed by atoms with Crippen LogP contribution in [0.5, 0.6) is 0 Å². The first-order valence-electron chi connectivity index (χ1n) is 5.22. The second-order valence-electron chi connectivity index (χ2n) is 3.39. The number of hydrogen-bond donors (Lipinski definition) is 1. The maximum Gasteiger partial charge on any atom is 0.179 e. The Morgan fingerprint density at radius 1 is 1.31 bits per heavy atom. The van der Waals surface area contributed by atoms with Crippen LogP contribution in [0.4, 0.5) is 0 Å². The Hall–Kier alpha value is -0.570. The van der Waals surface area contributed by atoms with E-state index in [9.17, 15) is 4.79 Å². The van der Waals surface area contributed by atoms with Gasteiger partial charge in [-0.2, -0.15) is 0 Å². The summed E-state index contributed by atoms with van der Waals surface area (Å²) in [6.07, 6.45) is 0.801. The van der Waals surface area contributed by atoms with Gasteiger partial charge in [0.25, 0.3) is 0 Å². The van der Waals surface area contributed by atoms with Crippen LogP contribution in [0.15, 0.2) is 24.3 Å². The van der Waals surface area contributed by atoms with Crippen LogP contribution < -0.4 is 5.32 Å². The van der Waals surface area contributed by atoms with Crippen molar-refractivity contribution in [2.45, 2.75) is 26.3 Å². The molecule has 0 radical (unpaired) electrons. The fourth-order valence-electron chi connectivity index (χ4n) is 1.48. The minimum atomic E-state index is -0.0869. The van der Waals surface area contributed by atoms with Crippen molar-refractivity contribution in [2.24, 2.45) is 0 Å². The second-order valence-corrected chi connectivity index (χ2v) is 3.83. The average molecular weight is 262 g/mol. The van der Waals surface area contributed by atoms with Gasteiger partial charge in [-0.25, -0.2) is 0 Å². The molecule has 0 amide bonds. The van der Waals surface area contributed by atoms with Gasteiger partial charge in [0, 0.05) is 10.6 Å². The molecule has 1 aromatic rings. The molecular weight excluding hydrogens is 245 g/mol. The van der Waals surface area contributed by atoms with Gasteiger partial charge in [0.2, 0.25) is 0 Å². The predicted octanol–water partition coefficient (Wildman–Crippen LogP) is 3.33. The standard InChI is InChI=1S/C12H16ClNO.ClH/c1-3-11(14-4-2)12(15)9-5-7-10(13)8-6-9;/h5-8,11,14H,3-4H2,1-2H3;1H. The predicted molar refractivity (Wildman–Crippen MR) is 70.8 cm³/mol. The Balaban J connectivity index is 0.00000225. The Bertz CT molecular complexity index is 324. The molecule has 0 saturated heterocycles. The summed E-state index contributed by atoms with van der Waals surface area (Å²) >= 11 is 5.76. The van der Waals surface area contributed by atoms with Crippen molar-refractivity contribution in [1.29, 1.82) is 0 Å². The molecular formula is C12H17Cl2NO. The molecule has 4 heteroatoms. The fraction of sp³-hybridized carbons (Fsp3) is 0.417. The Morgan fingerprint density at radius 2 is 1.88 bits per heavy atom. The SMILES string of the molecule is CCNC(CC)C(=O)c1ccc(Cl)cc1.Cl. The summed E-state index contributed by atoms with van der Waals surface area (Å²) < 4.78 is 0. The van der Waals surface area contributed by atoms with Crippen molar-refractivity contribution in [2.75, 3.05) is 6.54 Å². The molecule has 0 aliphatic carbocycles. The van der Waals surface area contributed by atoms with Crippen molar-refractivity contribution in [3.8, 4) is 0 Å². The number of carbonyl (C=O) groups excluding carboxylic acids is 1. The van der Waals surface area contributed by atoms with E-state index in [1.165, 1.54) is 0 Å². The largest absolute Gasteiger partial charge is 0.307 e. The summed E-state index contributed by atoms with van der Waals surface area (Å²) in [7, 11) is 0. The highest BCUT2D eigenvalue weighted by molar-refractivity contribution is 6.30. The third kappa shape index (κ3) is 4.12. The number of ketones is 1. The van der Waals surface area contributed by atoms with E-state index < -0.39 is 0 Å². The normalized spacial score (nSPS) is 11.7. The van der Waals surface area contributed by atoms with E-state index in [1.807, 2.05) is 13.8 Å². The summed E-state index contributed by atoms with van der Waals surface area (Å²) in [5.74, 6) is 0.135. The number of hydrogen-bond acceptors (Lipinski definition) is 2. The van der Waals surface area contributed by atoms with Gasteiger partial charge in [0.1, 0.15) is 0 Å². The molecule has 1 unspecified atom stereocenters. The third-order valence-corrected chi connectivity index (χ3v) is 2.56. The number of nitrogens with one attached hydrogen (secondary N) is 1. The molecule has 0 aromatic heterocycles. The smallest absolute Gasteiger partial charge is 0.179 e. The van der Waals surface area contributed by atoms with E-state index in [-0.39, 0.29) is 24.2 Å². The Kier molecular flexibility index (Phi) is 7.39. The lowest BCUT2D eigenvalue weighted by atomic mass is 10.0. The lowest BCUT2D eigenvalue weighted by Crippen LogP contribution is -2.35. The molecule has 0 aliphatic heterocycles. The van der Waals surface area contributed by atoms with E-state index in [0.29, 0.717) is 10.6 Å². The van der Waals surface area contributed by atoms with E-state index in [2.05, 4.69) is 5.32 Å². The zero-order chi connectivity index (χ0) is 11.3. The molecule has 1 aromatic carbocycles. The van der Waals surface area contributed by atoms with Crippen LogP contribution in [0.2, 0.25) is 5.02 Å². The molecule has 1 rings (SSSR count). The summed E-state index contributed by atoms with van der Waals surface area (Å²) in [6, 6.07) is 6.94. The van der Waals surface area contributed by atoms with Crippen molar-refractivity contribution in [3.05, 3.63) is 34.9 Å². The van der Waals surface area contributed by atoms with Crippen LogP contribution in [0.3, 0.4) is 0 Å². The summed E-state index contributed by atoms with van der Waals surface area (Å²) in [4.78, 5) is 12.0. The van der Waals surface area contributed by atoms with E-state index in [0.717, 1.165) is 13.0 Å². The summed E-state index contributed by atoms with van der Waals surface area (Å²) in [5.41, 5.74) is 0.715. The van der Waals surface area contributed by atoms with E-state index in [4.69, 9.17) is 11.6 Å². The number of halogens is 2. The van der Waals surface area contributed by atoms with Crippen LogP contribution in [0.1, 0.15) is 30.6 Å². The van der Waals surface area contributed by atoms with Crippen LogP contribution >= 0.6 is 24.0 Å². The first kappa shape index (κ1) is 15.4.